The van der Waals surface area contributed by atoms with Crippen LogP contribution in [0, 0.1) is 5.82 Å². The summed E-state index contributed by atoms with van der Waals surface area (Å²) in [4.78, 5) is 23.6. The number of aromatic nitrogens is 4. The van der Waals surface area contributed by atoms with Crippen molar-refractivity contribution < 1.29 is 27.1 Å². The SMILES string of the molecule is Cn1ncc2c(N)nc3cc(F)c(C(=O)N(c4cscn4)C4COc5cc(C(F)(F)F)ccc54)cc3c21. The zero-order valence-electron chi connectivity index (χ0n) is 19.0. The summed E-state index contributed by atoms with van der Waals surface area (Å²) in [6.07, 6.45) is -3.02. The third kappa shape index (κ3) is 3.65. The molecule has 13 heteroatoms. The van der Waals surface area contributed by atoms with E-state index in [9.17, 15) is 18.0 Å². The Hall–Kier alpha value is -4.26. The molecule has 0 saturated carbocycles. The Labute approximate surface area is 209 Å². The molecule has 2 aromatic carbocycles. The van der Waals surface area contributed by atoms with E-state index in [0.29, 0.717) is 21.9 Å². The number of aryl methyl sites for hydroxylation is 1. The first kappa shape index (κ1) is 23.2. The van der Waals surface area contributed by atoms with Gasteiger partial charge in [-0.3, -0.25) is 14.4 Å². The van der Waals surface area contributed by atoms with E-state index in [4.69, 9.17) is 10.5 Å². The Morgan fingerprint density at radius 2 is 2.05 bits per heavy atom. The van der Waals surface area contributed by atoms with Crippen LogP contribution in [0.15, 0.2) is 47.4 Å². The van der Waals surface area contributed by atoms with Crippen LogP contribution < -0.4 is 15.4 Å². The van der Waals surface area contributed by atoms with E-state index < -0.39 is 29.5 Å². The zero-order valence-corrected chi connectivity index (χ0v) is 19.8. The van der Waals surface area contributed by atoms with Crippen molar-refractivity contribution in [3.05, 3.63) is 69.9 Å². The van der Waals surface area contributed by atoms with E-state index >= 15 is 4.39 Å². The Morgan fingerprint density at radius 1 is 1.24 bits per heavy atom. The number of nitrogen functional groups attached to an aromatic ring is 1. The molecule has 1 amide bonds. The summed E-state index contributed by atoms with van der Waals surface area (Å²) < 4.78 is 62.1. The third-order valence-corrected chi connectivity index (χ3v) is 6.89. The van der Waals surface area contributed by atoms with E-state index in [1.807, 2.05) is 0 Å². The highest BCUT2D eigenvalue weighted by Gasteiger charge is 2.39. The molecule has 8 nitrogen and oxygen atoms in total. The van der Waals surface area contributed by atoms with E-state index in [1.54, 1.807) is 17.1 Å². The van der Waals surface area contributed by atoms with Gasteiger partial charge in [0.25, 0.3) is 5.91 Å². The number of ether oxygens (including phenoxy) is 1. The van der Waals surface area contributed by atoms with E-state index in [-0.39, 0.29) is 35.1 Å². The summed E-state index contributed by atoms with van der Waals surface area (Å²) in [7, 11) is 1.69. The first-order valence-corrected chi connectivity index (χ1v) is 11.8. The molecule has 0 radical (unpaired) electrons. The molecule has 1 atom stereocenters. The maximum absolute atomic E-state index is 15.4. The molecule has 0 spiro atoms. The van der Waals surface area contributed by atoms with Crippen molar-refractivity contribution in [2.45, 2.75) is 12.2 Å². The average molecular weight is 528 g/mol. The van der Waals surface area contributed by atoms with Gasteiger partial charge in [-0.25, -0.2) is 14.4 Å². The highest BCUT2D eigenvalue weighted by Crippen LogP contribution is 2.42. The van der Waals surface area contributed by atoms with E-state index in [0.717, 1.165) is 18.2 Å². The number of hydrogen-bond donors (Lipinski definition) is 1. The molecule has 0 bridgehead atoms. The van der Waals surface area contributed by atoms with Gasteiger partial charge in [0.2, 0.25) is 0 Å². The molecule has 188 valence electrons. The minimum absolute atomic E-state index is 0.00288. The molecular weight excluding hydrogens is 512 g/mol. The van der Waals surface area contributed by atoms with Crippen LogP contribution in [0.25, 0.3) is 21.8 Å². The lowest BCUT2D eigenvalue weighted by atomic mass is 10.0. The molecule has 5 aromatic rings. The number of rotatable bonds is 3. The van der Waals surface area contributed by atoms with Crippen LogP contribution in [-0.4, -0.2) is 32.3 Å². The van der Waals surface area contributed by atoms with Crippen LogP contribution in [0.2, 0.25) is 0 Å². The number of nitrogens with two attached hydrogens (primary N) is 1. The molecule has 0 saturated heterocycles. The molecule has 1 aliphatic heterocycles. The summed E-state index contributed by atoms with van der Waals surface area (Å²) >= 11 is 1.22. The van der Waals surface area contributed by atoms with Crippen molar-refractivity contribution in [2.24, 2.45) is 7.05 Å². The first-order valence-electron chi connectivity index (χ1n) is 10.9. The minimum atomic E-state index is -4.55. The lowest BCUT2D eigenvalue weighted by Gasteiger charge is -2.27. The fourth-order valence-corrected chi connectivity index (χ4v) is 5.11. The summed E-state index contributed by atoms with van der Waals surface area (Å²) in [6.45, 7) is -0.126. The topological polar surface area (TPSA) is 99.2 Å². The van der Waals surface area contributed by atoms with Crippen LogP contribution >= 0.6 is 11.3 Å². The summed E-state index contributed by atoms with van der Waals surface area (Å²) in [5.74, 6) is -1.17. The Kier molecular flexibility index (Phi) is 5.09. The van der Waals surface area contributed by atoms with Gasteiger partial charge in [0.15, 0.2) is 0 Å². The quantitative estimate of drug-likeness (QED) is 0.327. The maximum atomic E-state index is 15.4. The molecule has 4 heterocycles. The minimum Gasteiger partial charge on any atom is -0.491 e. The fourth-order valence-electron chi connectivity index (χ4n) is 4.59. The standard InChI is InChI=1S/C24H16F4N6O2S/c1-33-21-14-5-13(16(25)6-17(14)32-22(29)15(21)7-31-33)23(35)34(20-9-37-10-30-20)18-8-36-19-4-11(24(26,27)28)2-3-12(18)19/h2-7,9-10,18H,8H2,1H3,(H2,29,32). The Bertz CT molecular complexity index is 1700. The summed E-state index contributed by atoms with van der Waals surface area (Å²) in [5.41, 5.74) is 7.55. The number of thiazole rings is 1. The number of carbonyl (C=O) groups is 1. The number of anilines is 2. The second-order valence-corrected chi connectivity index (χ2v) is 9.19. The molecule has 2 N–H and O–H groups in total. The van der Waals surface area contributed by atoms with Gasteiger partial charge in [0.1, 0.15) is 35.9 Å². The first-order chi connectivity index (χ1) is 17.6. The van der Waals surface area contributed by atoms with Gasteiger partial charge in [0, 0.05) is 29.4 Å². The average Bonchev–Trinajstić information content (AvgIpc) is 3.60. The van der Waals surface area contributed by atoms with Gasteiger partial charge in [0.05, 0.1) is 39.3 Å². The van der Waals surface area contributed by atoms with Gasteiger partial charge in [-0.2, -0.15) is 18.3 Å². The predicted molar refractivity (Wildman–Crippen MR) is 129 cm³/mol. The summed E-state index contributed by atoms with van der Waals surface area (Å²) in [6, 6.07) is 4.76. The molecule has 0 aliphatic carbocycles. The van der Waals surface area contributed by atoms with E-state index in [2.05, 4.69) is 15.1 Å². The molecule has 1 aliphatic rings. The lowest BCUT2D eigenvalue weighted by Crippen LogP contribution is -2.36. The van der Waals surface area contributed by atoms with Crippen molar-refractivity contribution >= 4 is 50.7 Å². The molecule has 6 rings (SSSR count). The highest BCUT2D eigenvalue weighted by atomic mass is 32.1. The van der Waals surface area contributed by atoms with Crippen molar-refractivity contribution in [3.63, 3.8) is 0 Å². The molecule has 0 fully saturated rings. The third-order valence-electron chi connectivity index (χ3n) is 6.32. The molecule has 3 aromatic heterocycles. The van der Waals surface area contributed by atoms with Crippen molar-refractivity contribution in [1.29, 1.82) is 0 Å². The van der Waals surface area contributed by atoms with Crippen LogP contribution in [0.3, 0.4) is 0 Å². The van der Waals surface area contributed by atoms with Crippen molar-refractivity contribution in [2.75, 3.05) is 17.2 Å². The number of pyridine rings is 1. The number of benzene rings is 2. The van der Waals surface area contributed by atoms with Crippen LogP contribution in [0.1, 0.15) is 27.5 Å². The largest absolute Gasteiger partial charge is 0.491 e. The van der Waals surface area contributed by atoms with Crippen molar-refractivity contribution in [1.82, 2.24) is 19.7 Å². The van der Waals surface area contributed by atoms with Gasteiger partial charge < -0.3 is 10.5 Å². The monoisotopic (exact) mass is 528 g/mol. The molecule has 1 unspecified atom stereocenters. The van der Waals surface area contributed by atoms with Crippen LogP contribution in [0.5, 0.6) is 5.75 Å². The van der Waals surface area contributed by atoms with Gasteiger partial charge >= 0.3 is 6.18 Å². The highest BCUT2D eigenvalue weighted by molar-refractivity contribution is 7.07. The fraction of sp³-hybridized carbons (Fsp3) is 0.167. The van der Waals surface area contributed by atoms with Crippen molar-refractivity contribution in [3.8, 4) is 5.75 Å². The summed E-state index contributed by atoms with van der Waals surface area (Å²) in [5, 5.41) is 6.81. The van der Waals surface area contributed by atoms with Gasteiger partial charge in [-0.15, -0.1) is 11.3 Å². The van der Waals surface area contributed by atoms with Gasteiger partial charge in [-0.05, 0) is 18.2 Å². The lowest BCUT2D eigenvalue weighted by molar-refractivity contribution is -0.137. The number of fused-ring (bicyclic) bond motifs is 4. The Balaban J connectivity index is 1.49. The Morgan fingerprint density at radius 3 is 2.78 bits per heavy atom. The number of halogens is 4. The molecular formula is C24H16F4N6O2S. The normalized spacial score (nSPS) is 15.2. The number of amides is 1. The van der Waals surface area contributed by atoms with Crippen LogP contribution in [0.4, 0.5) is 29.2 Å². The zero-order chi connectivity index (χ0) is 26.1. The smallest absolute Gasteiger partial charge is 0.416 e. The number of nitrogens with zero attached hydrogens (tertiary/aromatic N) is 5. The number of alkyl halides is 3. The second kappa shape index (κ2) is 8.13. The number of hydrogen-bond acceptors (Lipinski definition) is 7. The predicted octanol–water partition coefficient (Wildman–Crippen LogP) is 5.10. The second-order valence-electron chi connectivity index (χ2n) is 8.48. The van der Waals surface area contributed by atoms with Gasteiger partial charge in [-0.1, -0.05) is 6.07 Å². The van der Waals surface area contributed by atoms with Crippen LogP contribution in [-0.2, 0) is 13.2 Å². The maximum Gasteiger partial charge on any atom is 0.416 e. The molecule has 37 heavy (non-hydrogen) atoms. The van der Waals surface area contributed by atoms with E-state index in [1.165, 1.54) is 40.1 Å². The number of carbonyl (C=O) groups excluding carboxylic acids is 1.